The molecule has 0 bridgehead atoms. The second-order valence-corrected chi connectivity index (χ2v) is 10.4. The minimum Gasteiger partial charge on any atom is -0.377 e. The monoisotopic (exact) mass is 514 g/mol. The molecule has 1 atom stereocenters. The van der Waals surface area contributed by atoms with E-state index in [1.807, 2.05) is 44.2 Å². The lowest BCUT2D eigenvalue weighted by Gasteiger charge is -2.17. The molecule has 1 unspecified atom stereocenters. The highest BCUT2D eigenvalue weighted by Crippen LogP contribution is 2.33. The summed E-state index contributed by atoms with van der Waals surface area (Å²) in [5.41, 5.74) is 2.44. The molecule has 0 fully saturated rings. The number of para-hydroxylation sites is 1. The first-order chi connectivity index (χ1) is 17.7. The van der Waals surface area contributed by atoms with Crippen LogP contribution < -0.4 is 9.50 Å². The maximum atomic E-state index is 12.8. The molecule has 2 aromatic carbocycles. The van der Waals surface area contributed by atoms with Crippen LogP contribution in [0.15, 0.2) is 90.1 Å². The summed E-state index contributed by atoms with van der Waals surface area (Å²) in [5.74, 6) is -0.304. The molecule has 2 heterocycles. The average Bonchev–Trinajstić information content (AvgIpc) is 3.28. The van der Waals surface area contributed by atoms with E-state index >= 15 is 0 Å². The summed E-state index contributed by atoms with van der Waals surface area (Å²) < 4.78 is 32.7. The minimum atomic E-state index is -4.17. The Morgan fingerprint density at radius 2 is 1.73 bits per heavy atom. The van der Waals surface area contributed by atoms with Crippen LogP contribution in [0.5, 0.6) is 5.75 Å². The van der Waals surface area contributed by atoms with E-state index in [0.717, 1.165) is 5.56 Å². The smallest absolute Gasteiger partial charge is 0.356 e. The topological polar surface area (TPSA) is 103 Å². The quantitative estimate of drug-likeness (QED) is 0.253. The molecule has 0 saturated carbocycles. The number of carbonyl (C=O) groups excluding carboxylic acids is 1. The fourth-order valence-electron chi connectivity index (χ4n) is 3.87. The van der Waals surface area contributed by atoms with E-state index in [4.69, 9.17) is 12.0 Å². The highest BCUT2D eigenvalue weighted by Gasteiger charge is 2.22. The van der Waals surface area contributed by atoms with Crippen LogP contribution in [0.2, 0.25) is 0 Å². The molecule has 10 heteroatoms. The number of nitrogens with one attached hydrogen (secondary N) is 1. The first-order valence-electron chi connectivity index (χ1n) is 11.9. The van der Waals surface area contributed by atoms with Crippen molar-refractivity contribution in [2.45, 2.75) is 37.8 Å². The van der Waals surface area contributed by atoms with Crippen LogP contribution in [-0.4, -0.2) is 42.9 Å². The SMILES string of the molecule is [B]C(CC(C)C)NC(=O)Cn1nc(-c2ccccc2OS(=O)(=O)c2ccccn2)cc1-c1ccccc1. The maximum absolute atomic E-state index is 12.8. The van der Waals surface area contributed by atoms with Gasteiger partial charge in [0.05, 0.1) is 19.2 Å². The molecule has 188 valence electrons. The number of nitrogens with zero attached hydrogens (tertiary/aromatic N) is 3. The van der Waals surface area contributed by atoms with Crippen molar-refractivity contribution in [2.75, 3.05) is 0 Å². The van der Waals surface area contributed by atoms with Crippen LogP contribution in [0.1, 0.15) is 20.3 Å². The minimum absolute atomic E-state index is 0.0642. The molecule has 37 heavy (non-hydrogen) atoms. The van der Waals surface area contributed by atoms with Gasteiger partial charge in [-0.05, 0) is 54.2 Å². The fraction of sp³-hybridized carbons (Fsp3) is 0.222. The van der Waals surface area contributed by atoms with Gasteiger partial charge in [0.15, 0.2) is 10.8 Å². The predicted molar refractivity (Wildman–Crippen MR) is 142 cm³/mol. The van der Waals surface area contributed by atoms with Crippen molar-refractivity contribution < 1.29 is 17.4 Å². The number of amides is 1. The van der Waals surface area contributed by atoms with Gasteiger partial charge in [-0.25, -0.2) is 4.98 Å². The van der Waals surface area contributed by atoms with Crippen molar-refractivity contribution in [3.8, 4) is 28.3 Å². The average molecular weight is 514 g/mol. The van der Waals surface area contributed by atoms with E-state index in [2.05, 4.69) is 15.4 Å². The van der Waals surface area contributed by atoms with Gasteiger partial charge in [0, 0.05) is 11.8 Å². The molecule has 4 aromatic rings. The first-order valence-corrected chi connectivity index (χ1v) is 13.3. The number of hydrogen-bond donors (Lipinski definition) is 1. The molecule has 2 aromatic heterocycles. The van der Waals surface area contributed by atoms with Crippen LogP contribution >= 0.6 is 0 Å². The van der Waals surface area contributed by atoms with Crippen molar-refractivity contribution in [1.82, 2.24) is 20.1 Å². The lowest BCUT2D eigenvalue weighted by molar-refractivity contribution is -0.122. The Balaban J connectivity index is 1.69. The Morgan fingerprint density at radius 3 is 2.43 bits per heavy atom. The summed E-state index contributed by atoms with van der Waals surface area (Å²) in [6.45, 7) is 4.00. The van der Waals surface area contributed by atoms with Gasteiger partial charge in [0.2, 0.25) is 5.91 Å². The molecular formula is C27H27BN4O4S. The summed E-state index contributed by atoms with van der Waals surface area (Å²) >= 11 is 0. The standard InChI is InChI=1S/C27H27BN4O4S/c1-19(2)16-25(28)30-26(33)18-32-23(20-10-4-3-5-11-20)17-22(31-32)21-12-6-7-13-24(21)36-37(34,35)27-14-8-9-15-29-27/h3-15,17,19,25H,16,18H2,1-2H3,(H,30,33). The summed E-state index contributed by atoms with van der Waals surface area (Å²) in [5, 5.41) is 7.27. The van der Waals surface area contributed by atoms with Gasteiger partial charge in [-0.3, -0.25) is 9.48 Å². The zero-order valence-corrected chi connectivity index (χ0v) is 21.4. The Bertz CT molecular complexity index is 1460. The van der Waals surface area contributed by atoms with Crippen molar-refractivity contribution in [1.29, 1.82) is 0 Å². The van der Waals surface area contributed by atoms with E-state index in [1.165, 1.54) is 12.3 Å². The Hall–Kier alpha value is -3.92. The Kier molecular flexibility index (Phi) is 8.08. The van der Waals surface area contributed by atoms with Crippen LogP contribution in [-0.2, 0) is 21.5 Å². The van der Waals surface area contributed by atoms with E-state index in [9.17, 15) is 13.2 Å². The third kappa shape index (κ3) is 6.65. The zero-order chi connectivity index (χ0) is 26.4. The fourth-order valence-corrected chi connectivity index (χ4v) is 4.77. The Labute approximate surface area is 218 Å². The molecule has 1 N–H and O–H groups in total. The van der Waals surface area contributed by atoms with Crippen molar-refractivity contribution in [3.05, 3.63) is 85.1 Å². The molecule has 8 nitrogen and oxygen atoms in total. The van der Waals surface area contributed by atoms with E-state index in [1.54, 1.807) is 47.1 Å². The van der Waals surface area contributed by atoms with Crippen molar-refractivity contribution in [3.63, 3.8) is 0 Å². The van der Waals surface area contributed by atoms with Crippen molar-refractivity contribution >= 4 is 23.9 Å². The summed E-state index contributed by atoms with van der Waals surface area (Å²) in [7, 11) is 1.90. The molecule has 0 spiro atoms. The highest BCUT2D eigenvalue weighted by atomic mass is 32.2. The second-order valence-electron chi connectivity index (χ2n) is 8.94. The number of aromatic nitrogens is 3. The summed E-state index contributed by atoms with van der Waals surface area (Å²) in [6, 6.07) is 22.5. The summed E-state index contributed by atoms with van der Waals surface area (Å²) in [6.07, 6.45) is 2.03. The zero-order valence-electron chi connectivity index (χ0n) is 20.6. The normalized spacial score (nSPS) is 12.3. The molecule has 2 radical (unpaired) electrons. The van der Waals surface area contributed by atoms with Crippen LogP contribution in [0.3, 0.4) is 0 Å². The largest absolute Gasteiger partial charge is 0.377 e. The van der Waals surface area contributed by atoms with Gasteiger partial charge in [-0.2, -0.15) is 13.5 Å². The number of pyridine rings is 1. The van der Waals surface area contributed by atoms with E-state index in [-0.39, 0.29) is 23.2 Å². The Morgan fingerprint density at radius 1 is 1.03 bits per heavy atom. The number of rotatable bonds is 10. The van der Waals surface area contributed by atoms with Crippen LogP contribution in [0.25, 0.3) is 22.5 Å². The van der Waals surface area contributed by atoms with E-state index in [0.29, 0.717) is 29.3 Å². The van der Waals surface area contributed by atoms with Gasteiger partial charge in [-0.1, -0.05) is 62.4 Å². The second kappa shape index (κ2) is 11.4. The van der Waals surface area contributed by atoms with Gasteiger partial charge < -0.3 is 9.50 Å². The lowest BCUT2D eigenvalue weighted by Crippen LogP contribution is -2.38. The number of hydrogen-bond acceptors (Lipinski definition) is 6. The highest BCUT2D eigenvalue weighted by molar-refractivity contribution is 7.87. The van der Waals surface area contributed by atoms with Gasteiger partial charge >= 0.3 is 10.1 Å². The summed E-state index contributed by atoms with van der Waals surface area (Å²) in [4.78, 5) is 16.7. The first kappa shape index (κ1) is 26.2. The molecule has 4 rings (SSSR count). The van der Waals surface area contributed by atoms with E-state index < -0.39 is 16.1 Å². The maximum Gasteiger partial charge on any atom is 0.356 e. The third-order valence-electron chi connectivity index (χ3n) is 5.47. The third-order valence-corrected chi connectivity index (χ3v) is 6.62. The molecule has 0 saturated heterocycles. The lowest BCUT2D eigenvalue weighted by atomic mass is 9.88. The predicted octanol–water partition coefficient (Wildman–Crippen LogP) is 4.04. The number of carbonyl (C=O) groups is 1. The van der Waals surface area contributed by atoms with Gasteiger partial charge in [0.1, 0.15) is 6.54 Å². The van der Waals surface area contributed by atoms with Crippen LogP contribution in [0.4, 0.5) is 0 Å². The van der Waals surface area contributed by atoms with Crippen LogP contribution in [0, 0.1) is 5.92 Å². The number of benzene rings is 2. The molecule has 0 aliphatic carbocycles. The van der Waals surface area contributed by atoms with Crippen molar-refractivity contribution in [2.24, 2.45) is 5.92 Å². The van der Waals surface area contributed by atoms with Gasteiger partial charge in [-0.15, -0.1) is 0 Å². The molecule has 0 aliphatic rings. The molecule has 1 amide bonds. The van der Waals surface area contributed by atoms with Gasteiger partial charge in [0.25, 0.3) is 0 Å². The molecular weight excluding hydrogens is 487 g/mol. The molecule has 0 aliphatic heterocycles.